The van der Waals surface area contributed by atoms with Crippen LogP contribution in [-0.2, 0) is 15.7 Å². The molecule has 1 N–H and O–H groups in total. The van der Waals surface area contributed by atoms with Crippen molar-refractivity contribution < 1.29 is 36.6 Å². The third-order valence-corrected chi connectivity index (χ3v) is 5.80. The highest BCUT2D eigenvalue weighted by molar-refractivity contribution is 5.82. The van der Waals surface area contributed by atoms with Crippen LogP contribution in [0.1, 0.15) is 24.0 Å². The Balaban J connectivity index is 1.24. The molecule has 4 rings (SSSR count). The van der Waals surface area contributed by atoms with Gasteiger partial charge in [0.05, 0.1) is 17.7 Å². The fraction of sp³-hybridized carbons (Fsp3) is 0.579. The van der Waals surface area contributed by atoms with Crippen LogP contribution in [0.15, 0.2) is 12.1 Å². The molecule has 0 radical (unpaired) electrons. The van der Waals surface area contributed by atoms with Gasteiger partial charge in [0.2, 0.25) is 5.91 Å². The summed E-state index contributed by atoms with van der Waals surface area (Å²) in [7, 11) is 0. The van der Waals surface area contributed by atoms with E-state index in [0.717, 1.165) is 6.07 Å². The first-order valence-electron chi connectivity index (χ1n) is 9.30. The van der Waals surface area contributed by atoms with Crippen LogP contribution in [0.3, 0.4) is 0 Å². The smallest absolute Gasteiger partial charge is 0.416 e. The lowest BCUT2D eigenvalue weighted by Gasteiger charge is -2.47. The molecule has 1 spiro atoms. The molecule has 10 heteroatoms. The fourth-order valence-electron chi connectivity index (χ4n) is 4.16. The average molecular weight is 416 g/mol. The number of likely N-dealkylation sites (tertiary alicyclic amines) is 1. The first kappa shape index (κ1) is 19.8. The van der Waals surface area contributed by atoms with E-state index < -0.39 is 29.2 Å². The Kier molecular flexibility index (Phi) is 4.62. The number of carbonyl (C=O) groups is 2. The van der Waals surface area contributed by atoms with Crippen LogP contribution in [0, 0.1) is 24.6 Å². The predicted octanol–water partition coefficient (Wildman–Crippen LogP) is 2.88. The number of carbonyl (C=O) groups excluding carboxylic acids is 2. The van der Waals surface area contributed by atoms with Crippen molar-refractivity contribution in [1.29, 1.82) is 0 Å². The number of nitrogens with zero attached hydrogens (tertiary/aromatic N) is 1. The summed E-state index contributed by atoms with van der Waals surface area (Å²) in [6.07, 6.45) is -3.98. The first-order valence-corrected chi connectivity index (χ1v) is 9.30. The van der Waals surface area contributed by atoms with Gasteiger partial charge in [0.25, 0.3) is 0 Å². The maximum atomic E-state index is 13.9. The minimum Gasteiger partial charge on any atom is -0.490 e. The van der Waals surface area contributed by atoms with Crippen LogP contribution in [-0.4, -0.2) is 48.7 Å². The largest absolute Gasteiger partial charge is 0.490 e. The standard InChI is InChI=1S/C19H20F4N2O4/c1-10-2-15(14(20)3-13(10)19(21,22)23)28-8-11-6-25(7-11)16(26)12-4-18(5-12)9-29-17(27)24-18/h2-3,11-12H,4-9H2,1H3,(H,24,27)/t12-,18+. The van der Waals surface area contributed by atoms with Gasteiger partial charge in [-0.2, -0.15) is 13.2 Å². The summed E-state index contributed by atoms with van der Waals surface area (Å²) in [6.45, 7) is 2.55. The fourth-order valence-corrected chi connectivity index (χ4v) is 4.16. The molecule has 0 atom stereocenters. The second-order valence-corrected chi connectivity index (χ2v) is 8.10. The van der Waals surface area contributed by atoms with E-state index in [4.69, 9.17) is 9.47 Å². The van der Waals surface area contributed by atoms with E-state index in [1.807, 2.05) is 0 Å². The Morgan fingerprint density at radius 3 is 2.62 bits per heavy atom. The number of hydrogen-bond acceptors (Lipinski definition) is 4. The minimum absolute atomic E-state index is 0.00424. The summed E-state index contributed by atoms with van der Waals surface area (Å²) in [5.41, 5.74) is -1.55. The number of nitrogens with one attached hydrogen (secondary N) is 1. The molecule has 158 valence electrons. The molecule has 1 aliphatic carbocycles. The predicted molar refractivity (Wildman–Crippen MR) is 91.6 cm³/mol. The average Bonchev–Trinajstić information content (AvgIpc) is 2.95. The van der Waals surface area contributed by atoms with Gasteiger partial charge in [0, 0.05) is 24.9 Å². The van der Waals surface area contributed by atoms with Gasteiger partial charge in [-0.25, -0.2) is 9.18 Å². The monoisotopic (exact) mass is 416 g/mol. The Labute approximate surface area is 164 Å². The molecule has 2 amide bonds. The van der Waals surface area contributed by atoms with E-state index in [-0.39, 0.29) is 42.3 Å². The van der Waals surface area contributed by atoms with Crippen molar-refractivity contribution >= 4 is 12.0 Å². The zero-order valence-corrected chi connectivity index (χ0v) is 15.6. The molecule has 6 nitrogen and oxygen atoms in total. The topological polar surface area (TPSA) is 67.9 Å². The van der Waals surface area contributed by atoms with Gasteiger partial charge in [-0.15, -0.1) is 0 Å². The van der Waals surface area contributed by atoms with Gasteiger partial charge >= 0.3 is 12.3 Å². The number of amides is 2. The molecule has 2 saturated heterocycles. The normalized spacial score (nSPS) is 26.6. The second kappa shape index (κ2) is 6.77. The van der Waals surface area contributed by atoms with Gasteiger partial charge in [0.1, 0.15) is 6.61 Å². The molecule has 3 fully saturated rings. The number of halogens is 4. The van der Waals surface area contributed by atoms with E-state index in [1.54, 1.807) is 4.90 Å². The molecular weight excluding hydrogens is 396 g/mol. The molecule has 0 bridgehead atoms. The van der Waals surface area contributed by atoms with E-state index >= 15 is 0 Å². The summed E-state index contributed by atoms with van der Waals surface area (Å²) in [5, 5.41) is 2.74. The van der Waals surface area contributed by atoms with Crippen LogP contribution in [0.2, 0.25) is 0 Å². The molecule has 2 aliphatic heterocycles. The van der Waals surface area contributed by atoms with Crippen LogP contribution in [0.5, 0.6) is 5.75 Å². The Morgan fingerprint density at radius 1 is 1.34 bits per heavy atom. The Bertz CT molecular complexity index is 845. The van der Waals surface area contributed by atoms with Crippen molar-refractivity contribution in [3.05, 3.63) is 29.1 Å². The number of benzene rings is 1. The van der Waals surface area contributed by atoms with Gasteiger partial charge < -0.3 is 19.7 Å². The van der Waals surface area contributed by atoms with E-state index in [2.05, 4.69) is 5.32 Å². The summed E-state index contributed by atoms with van der Waals surface area (Å²) in [4.78, 5) is 25.3. The second-order valence-electron chi connectivity index (χ2n) is 8.10. The highest BCUT2D eigenvalue weighted by Crippen LogP contribution is 2.42. The van der Waals surface area contributed by atoms with Crippen molar-refractivity contribution in [3.8, 4) is 5.75 Å². The van der Waals surface area contributed by atoms with E-state index in [9.17, 15) is 27.2 Å². The van der Waals surface area contributed by atoms with Crippen LogP contribution >= 0.6 is 0 Å². The Hall–Kier alpha value is -2.52. The van der Waals surface area contributed by atoms with Crippen LogP contribution in [0.4, 0.5) is 22.4 Å². The first-order chi connectivity index (χ1) is 13.6. The summed E-state index contributed by atoms with van der Waals surface area (Å²) in [6, 6.07) is 1.49. The number of aryl methyl sites for hydroxylation is 1. The molecule has 1 aromatic rings. The number of alkyl carbamates (subject to hydrolysis) is 1. The van der Waals surface area contributed by atoms with Gasteiger partial charge in [-0.1, -0.05) is 0 Å². The number of cyclic esters (lactones) is 1. The van der Waals surface area contributed by atoms with Gasteiger partial charge in [-0.05, 0) is 37.5 Å². The van der Waals surface area contributed by atoms with Crippen molar-refractivity contribution in [3.63, 3.8) is 0 Å². The highest BCUT2D eigenvalue weighted by Gasteiger charge is 2.54. The van der Waals surface area contributed by atoms with Crippen LogP contribution in [0.25, 0.3) is 0 Å². The summed E-state index contributed by atoms with van der Waals surface area (Å²) >= 11 is 0. The summed E-state index contributed by atoms with van der Waals surface area (Å²) < 4.78 is 62.6. The van der Waals surface area contributed by atoms with Gasteiger partial charge in [0.15, 0.2) is 11.6 Å². The van der Waals surface area contributed by atoms with Gasteiger partial charge in [-0.3, -0.25) is 4.79 Å². The lowest BCUT2D eigenvalue weighted by atomic mass is 9.68. The molecule has 29 heavy (non-hydrogen) atoms. The molecule has 3 aliphatic rings. The van der Waals surface area contributed by atoms with Crippen molar-refractivity contribution in [2.24, 2.45) is 11.8 Å². The molecule has 0 aromatic heterocycles. The molecule has 2 heterocycles. The lowest BCUT2D eigenvalue weighted by Crippen LogP contribution is -2.61. The summed E-state index contributed by atoms with van der Waals surface area (Å²) in [5.74, 6) is -1.45. The van der Waals surface area contributed by atoms with E-state index in [0.29, 0.717) is 32.0 Å². The number of rotatable bonds is 4. The maximum Gasteiger partial charge on any atom is 0.416 e. The zero-order chi connectivity index (χ0) is 21.0. The lowest BCUT2D eigenvalue weighted by molar-refractivity contribution is -0.148. The number of ether oxygens (including phenoxy) is 2. The molecular formula is C19H20F4N2O4. The number of hydrogen-bond donors (Lipinski definition) is 1. The minimum atomic E-state index is -4.62. The Morgan fingerprint density at radius 2 is 2.03 bits per heavy atom. The highest BCUT2D eigenvalue weighted by atomic mass is 19.4. The molecule has 1 aromatic carbocycles. The third-order valence-electron chi connectivity index (χ3n) is 5.80. The SMILES string of the molecule is Cc1cc(OCC2CN(C(=O)[C@H]3C[C@]4(COC(=O)N4)C3)C2)c(F)cc1C(F)(F)F. The maximum absolute atomic E-state index is 13.9. The third kappa shape index (κ3) is 3.72. The quantitative estimate of drug-likeness (QED) is 0.767. The van der Waals surface area contributed by atoms with Crippen LogP contribution < -0.4 is 10.1 Å². The zero-order valence-electron chi connectivity index (χ0n) is 15.6. The van der Waals surface area contributed by atoms with E-state index in [1.165, 1.54) is 6.92 Å². The van der Waals surface area contributed by atoms with Crippen molar-refractivity contribution in [2.45, 2.75) is 31.5 Å². The number of alkyl halides is 3. The molecule has 0 unspecified atom stereocenters. The molecule has 1 saturated carbocycles. The van der Waals surface area contributed by atoms with Crippen molar-refractivity contribution in [1.82, 2.24) is 10.2 Å². The van der Waals surface area contributed by atoms with Crippen molar-refractivity contribution in [2.75, 3.05) is 26.3 Å².